The Kier molecular flexibility index (Phi) is 9.03. The van der Waals surface area contributed by atoms with Gasteiger partial charge in [0.05, 0.1) is 18.0 Å². The first-order valence-electron chi connectivity index (χ1n) is 11.1. The number of halogens is 3. The zero-order valence-electron chi connectivity index (χ0n) is 20.2. The maximum atomic E-state index is 15.0. The summed E-state index contributed by atoms with van der Waals surface area (Å²) >= 11 is 10.8. The van der Waals surface area contributed by atoms with Crippen LogP contribution in [0.5, 0.6) is 0 Å². The van der Waals surface area contributed by atoms with Crippen LogP contribution in [0.1, 0.15) is 41.0 Å². The van der Waals surface area contributed by atoms with Gasteiger partial charge < -0.3 is 19.3 Å². The van der Waals surface area contributed by atoms with Gasteiger partial charge in [-0.3, -0.25) is 4.79 Å². The fourth-order valence-corrected chi connectivity index (χ4v) is 5.06. The molecule has 3 heterocycles. The number of nitrogens with zero attached hydrogens (tertiary/aromatic N) is 5. The monoisotopic (exact) mass is 591 g/mol. The number of anilines is 1. The van der Waals surface area contributed by atoms with Crippen molar-refractivity contribution in [2.24, 2.45) is 0 Å². The second-order valence-electron chi connectivity index (χ2n) is 8.90. The summed E-state index contributed by atoms with van der Waals surface area (Å²) < 4.78 is 26.0. The average Bonchev–Trinajstić information content (AvgIpc) is 2.75. The van der Waals surface area contributed by atoms with Gasteiger partial charge in [-0.25, -0.2) is 24.1 Å². The van der Waals surface area contributed by atoms with Gasteiger partial charge in [0.1, 0.15) is 21.5 Å². The summed E-state index contributed by atoms with van der Waals surface area (Å²) in [7, 11) is 0. The predicted octanol–water partition coefficient (Wildman–Crippen LogP) is 5.07. The Morgan fingerprint density at radius 3 is 2.60 bits per heavy atom. The molecule has 0 N–H and O–H groups in total. The summed E-state index contributed by atoms with van der Waals surface area (Å²) in [5, 5.41) is 0.495. The van der Waals surface area contributed by atoms with Crippen molar-refractivity contribution < 1.29 is 23.5 Å². The molecule has 1 unspecified atom stereocenters. The third-order valence-corrected chi connectivity index (χ3v) is 6.65. The van der Waals surface area contributed by atoms with Gasteiger partial charge in [-0.1, -0.05) is 30.3 Å². The van der Waals surface area contributed by atoms with E-state index in [0.717, 1.165) is 0 Å². The van der Waals surface area contributed by atoms with Crippen molar-refractivity contribution in [2.45, 2.75) is 57.8 Å². The lowest BCUT2D eigenvalue weighted by Crippen LogP contribution is -2.56. The molecule has 1 atom stereocenters. The molecule has 0 aromatic carbocycles. The van der Waals surface area contributed by atoms with Crippen LogP contribution in [-0.4, -0.2) is 75.6 Å². The van der Waals surface area contributed by atoms with Crippen molar-refractivity contribution in [3.8, 4) is 0 Å². The first-order chi connectivity index (χ1) is 16.4. The second kappa shape index (κ2) is 11.4. The lowest BCUT2D eigenvalue weighted by Gasteiger charge is -2.42. The molecule has 1 fully saturated rings. The molecule has 1 aliphatic heterocycles. The number of hydrogen-bond acceptors (Lipinski definition) is 9. The van der Waals surface area contributed by atoms with Crippen LogP contribution in [0.15, 0.2) is 9.76 Å². The Labute approximate surface area is 221 Å². The molecule has 1 saturated heterocycles. The summed E-state index contributed by atoms with van der Waals surface area (Å²) in [6.07, 6.45) is -0.00745. The number of hydrogen-bond donors (Lipinski definition) is 0. The van der Waals surface area contributed by atoms with Crippen molar-refractivity contribution in [1.82, 2.24) is 19.9 Å². The molecule has 0 spiro atoms. The van der Waals surface area contributed by atoms with Crippen molar-refractivity contribution in [3.05, 3.63) is 15.6 Å². The number of pyridine rings is 1. The number of esters is 1. The smallest absolute Gasteiger partial charge is 0.410 e. The Morgan fingerprint density at radius 1 is 1.26 bits per heavy atom. The van der Waals surface area contributed by atoms with Crippen LogP contribution in [0.25, 0.3) is 10.9 Å². The van der Waals surface area contributed by atoms with Crippen molar-refractivity contribution in [1.29, 1.82) is 0 Å². The molecule has 1 aliphatic rings. The molecule has 2 aromatic heterocycles. The molecule has 0 aliphatic carbocycles. The van der Waals surface area contributed by atoms with E-state index in [9.17, 15) is 14.0 Å². The van der Waals surface area contributed by atoms with Gasteiger partial charge in [-0.2, -0.15) is 0 Å². The molecular formula is C22H28BrClFN5O4S. The molecule has 1 amide bonds. The highest BCUT2D eigenvalue weighted by atomic mass is 79.9. The van der Waals surface area contributed by atoms with Crippen LogP contribution in [0, 0.1) is 5.82 Å². The number of rotatable bonds is 6. The van der Waals surface area contributed by atoms with Crippen LogP contribution in [0.4, 0.5) is 15.0 Å². The normalized spacial score (nSPS) is 16.5. The maximum absolute atomic E-state index is 15.0. The SMILES string of the molecule is CCSc1nc(N2CCN(C(=O)OC(C)(C)C)CC2CCOC(C)=O)c2c(Br)nc(Cl)c(F)c2n1. The van der Waals surface area contributed by atoms with E-state index in [4.69, 9.17) is 26.1 Å². The van der Waals surface area contributed by atoms with Gasteiger partial charge in [0, 0.05) is 33.0 Å². The summed E-state index contributed by atoms with van der Waals surface area (Å²) in [6.45, 7) is 9.93. The summed E-state index contributed by atoms with van der Waals surface area (Å²) in [6, 6.07) is -0.293. The third-order valence-electron chi connectivity index (χ3n) is 5.10. The van der Waals surface area contributed by atoms with Gasteiger partial charge in [-0.15, -0.1) is 0 Å². The Morgan fingerprint density at radius 2 is 1.97 bits per heavy atom. The standard InChI is InChI=1S/C22H28BrClFN5O4S/c1-6-35-20-26-16-14(17(23)27-18(24)15(16)25)19(28-20)30-9-8-29(21(32)34-22(3,4)5)11-13(30)7-10-33-12(2)31/h13H,6-11H2,1-5H3. The van der Waals surface area contributed by atoms with Crippen LogP contribution < -0.4 is 4.90 Å². The number of aromatic nitrogens is 3. The van der Waals surface area contributed by atoms with Gasteiger partial charge in [0.2, 0.25) is 0 Å². The molecule has 3 rings (SSSR count). The van der Waals surface area contributed by atoms with Gasteiger partial charge in [0.25, 0.3) is 0 Å². The Balaban J connectivity index is 2.04. The van der Waals surface area contributed by atoms with E-state index in [-0.39, 0.29) is 23.3 Å². The average molecular weight is 593 g/mol. The molecule has 2 aromatic rings. The van der Waals surface area contributed by atoms with Crippen molar-refractivity contribution >= 4 is 68.1 Å². The van der Waals surface area contributed by atoms with E-state index < -0.39 is 23.5 Å². The minimum absolute atomic E-state index is 0.0612. The zero-order chi connectivity index (χ0) is 25.9. The number of thioether (sulfide) groups is 1. The van der Waals surface area contributed by atoms with Gasteiger partial charge in [-0.05, 0) is 42.5 Å². The van der Waals surface area contributed by atoms with Crippen LogP contribution in [0.3, 0.4) is 0 Å². The Hall–Kier alpha value is -1.92. The van der Waals surface area contributed by atoms with Crippen LogP contribution in [-0.2, 0) is 14.3 Å². The molecule has 13 heteroatoms. The third kappa shape index (κ3) is 6.85. The highest BCUT2D eigenvalue weighted by Crippen LogP contribution is 2.37. The van der Waals surface area contributed by atoms with E-state index in [1.165, 1.54) is 18.7 Å². The molecular weight excluding hydrogens is 565 g/mol. The topological polar surface area (TPSA) is 97.8 Å². The number of carbonyl (C=O) groups is 2. The number of carbonyl (C=O) groups excluding carboxylic acids is 2. The lowest BCUT2D eigenvalue weighted by atomic mass is 10.1. The lowest BCUT2D eigenvalue weighted by molar-refractivity contribution is -0.141. The number of amides is 1. The first-order valence-corrected chi connectivity index (χ1v) is 13.3. The van der Waals surface area contributed by atoms with E-state index in [2.05, 4.69) is 25.9 Å². The van der Waals surface area contributed by atoms with E-state index in [1.54, 1.807) is 4.90 Å². The zero-order valence-corrected chi connectivity index (χ0v) is 23.4. The second-order valence-corrected chi connectivity index (χ2v) is 11.2. The minimum Gasteiger partial charge on any atom is -0.466 e. The fraction of sp³-hybridized carbons (Fsp3) is 0.591. The maximum Gasteiger partial charge on any atom is 0.410 e. The highest BCUT2D eigenvalue weighted by Gasteiger charge is 2.35. The largest absolute Gasteiger partial charge is 0.466 e. The van der Waals surface area contributed by atoms with Crippen molar-refractivity contribution in [2.75, 3.05) is 36.9 Å². The first kappa shape index (κ1) is 27.7. The number of ether oxygens (including phenoxy) is 2. The van der Waals surface area contributed by atoms with Crippen molar-refractivity contribution in [3.63, 3.8) is 0 Å². The quantitative estimate of drug-likeness (QED) is 0.197. The van der Waals surface area contributed by atoms with E-state index in [1.807, 2.05) is 32.6 Å². The predicted molar refractivity (Wildman–Crippen MR) is 137 cm³/mol. The minimum atomic E-state index is -0.727. The number of fused-ring (bicyclic) bond motifs is 1. The molecule has 0 saturated carbocycles. The number of piperazine rings is 1. The fourth-order valence-electron chi connectivity index (χ4n) is 3.68. The van der Waals surface area contributed by atoms with E-state index >= 15 is 0 Å². The van der Waals surface area contributed by atoms with Crippen LogP contribution >= 0.6 is 39.3 Å². The van der Waals surface area contributed by atoms with Gasteiger partial charge >= 0.3 is 12.1 Å². The summed E-state index contributed by atoms with van der Waals surface area (Å²) in [4.78, 5) is 40.9. The molecule has 192 valence electrons. The molecule has 9 nitrogen and oxygen atoms in total. The molecule has 0 bridgehead atoms. The summed E-state index contributed by atoms with van der Waals surface area (Å²) in [5.74, 6) is 0.0384. The van der Waals surface area contributed by atoms with E-state index in [0.29, 0.717) is 52.8 Å². The van der Waals surface area contributed by atoms with Gasteiger partial charge in [0.15, 0.2) is 16.1 Å². The Bertz CT molecular complexity index is 1120. The summed E-state index contributed by atoms with van der Waals surface area (Å²) in [5.41, 5.74) is -0.574. The van der Waals surface area contributed by atoms with Crippen LogP contribution in [0.2, 0.25) is 5.15 Å². The highest BCUT2D eigenvalue weighted by molar-refractivity contribution is 9.10. The molecule has 35 heavy (non-hydrogen) atoms. The molecule has 0 radical (unpaired) electrons.